The van der Waals surface area contributed by atoms with E-state index in [1.54, 1.807) is 23.7 Å². The molecule has 2 heterocycles. The number of nitrogens with zero attached hydrogens (tertiary/aromatic N) is 2. The lowest BCUT2D eigenvalue weighted by Crippen LogP contribution is -2.11. The van der Waals surface area contributed by atoms with E-state index in [0.29, 0.717) is 0 Å². The summed E-state index contributed by atoms with van der Waals surface area (Å²) in [7, 11) is 0. The minimum atomic E-state index is -0.134. The molecular weight excluding hydrogens is 206 g/mol. The van der Waals surface area contributed by atoms with Gasteiger partial charge in [-0.15, -0.1) is 11.3 Å². The van der Waals surface area contributed by atoms with Gasteiger partial charge < -0.3 is 5.73 Å². The first-order valence-electron chi connectivity index (χ1n) is 4.78. The molecule has 3 nitrogen and oxygen atoms in total. The molecule has 0 aliphatic carbocycles. The molecule has 2 rings (SSSR count). The van der Waals surface area contributed by atoms with Gasteiger partial charge in [0, 0.05) is 17.3 Å². The summed E-state index contributed by atoms with van der Waals surface area (Å²) in [6.45, 7) is 4.07. The standard InChI is InChI=1S/C11H13N3S/c1-7-8(2)15-11(14-7)10(12)9-3-5-13-6-4-9/h3-6,10H,12H2,1-2H3. The van der Waals surface area contributed by atoms with Crippen molar-refractivity contribution in [2.24, 2.45) is 5.73 Å². The largest absolute Gasteiger partial charge is 0.318 e. The lowest BCUT2D eigenvalue weighted by molar-refractivity contribution is 0.849. The Balaban J connectivity index is 2.32. The van der Waals surface area contributed by atoms with Crippen LogP contribution in [-0.2, 0) is 0 Å². The lowest BCUT2D eigenvalue weighted by atomic mass is 10.1. The van der Waals surface area contributed by atoms with Crippen molar-refractivity contribution in [2.75, 3.05) is 0 Å². The molecule has 0 saturated carbocycles. The zero-order chi connectivity index (χ0) is 10.8. The van der Waals surface area contributed by atoms with Gasteiger partial charge in [-0.2, -0.15) is 0 Å². The number of hydrogen-bond donors (Lipinski definition) is 1. The summed E-state index contributed by atoms with van der Waals surface area (Å²) in [4.78, 5) is 9.66. The van der Waals surface area contributed by atoms with E-state index in [0.717, 1.165) is 16.3 Å². The third kappa shape index (κ3) is 2.06. The monoisotopic (exact) mass is 219 g/mol. The quantitative estimate of drug-likeness (QED) is 0.842. The molecule has 0 aliphatic heterocycles. The highest BCUT2D eigenvalue weighted by Gasteiger charge is 2.13. The Hall–Kier alpha value is -1.26. The molecule has 2 N–H and O–H groups in total. The van der Waals surface area contributed by atoms with Crippen LogP contribution < -0.4 is 5.73 Å². The molecular formula is C11H13N3S. The van der Waals surface area contributed by atoms with Gasteiger partial charge in [0.1, 0.15) is 5.01 Å². The van der Waals surface area contributed by atoms with Crippen LogP contribution in [0.1, 0.15) is 27.2 Å². The molecule has 0 saturated heterocycles. The van der Waals surface area contributed by atoms with E-state index in [2.05, 4.69) is 16.9 Å². The highest BCUT2D eigenvalue weighted by Crippen LogP contribution is 2.25. The van der Waals surface area contributed by atoms with Gasteiger partial charge in [-0.25, -0.2) is 4.98 Å². The minimum absolute atomic E-state index is 0.134. The first-order valence-corrected chi connectivity index (χ1v) is 5.59. The average molecular weight is 219 g/mol. The second-order valence-electron chi connectivity index (χ2n) is 3.45. The summed E-state index contributed by atoms with van der Waals surface area (Å²) in [6.07, 6.45) is 3.50. The fourth-order valence-electron chi connectivity index (χ4n) is 1.34. The van der Waals surface area contributed by atoms with Crippen molar-refractivity contribution in [3.8, 4) is 0 Å². The Morgan fingerprint density at radius 2 is 1.93 bits per heavy atom. The smallest absolute Gasteiger partial charge is 0.114 e. The number of aromatic nitrogens is 2. The van der Waals surface area contributed by atoms with Gasteiger partial charge in [0.15, 0.2) is 0 Å². The van der Waals surface area contributed by atoms with Gasteiger partial charge in [-0.1, -0.05) is 0 Å². The lowest BCUT2D eigenvalue weighted by Gasteiger charge is -2.07. The van der Waals surface area contributed by atoms with Crippen molar-refractivity contribution < 1.29 is 0 Å². The Kier molecular flexibility index (Phi) is 2.79. The van der Waals surface area contributed by atoms with Gasteiger partial charge in [-0.05, 0) is 31.5 Å². The van der Waals surface area contributed by atoms with Crippen molar-refractivity contribution in [1.29, 1.82) is 0 Å². The van der Waals surface area contributed by atoms with Crippen LogP contribution in [0.3, 0.4) is 0 Å². The molecule has 0 aromatic carbocycles. The molecule has 1 atom stereocenters. The van der Waals surface area contributed by atoms with Crippen molar-refractivity contribution in [1.82, 2.24) is 9.97 Å². The molecule has 0 bridgehead atoms. The van der Waals surface area contributed by atoms with Crippen molar-refractivity contribution in [3.05, 3.63) is 45.7 Å². The zero-order valence-corrected chi connectivity index (χ0v) is 9.58. The zero-order valence-electron chi connectivity index (χ0n) is 8.77. The van der Waals surface area contributed by atoms with E-state index in [1.165, 1.54) is 4.88 Å². The van der Waals surface area contributed by atoms with E-state index in [-0.39, 0.29) is 6.04 Å². The Labute approximate surface area is 93.0 Å². The van der Waals surface area contributed by atoms with Crippen molar-refractivity contribution >= 4 is 11.3 Å². The number of nitrogens with two attached hydrogens (primary N) is 1. The number of aryl methyl sites for hydroxylation is 2. The SMILES string of the molecule is Cc1nc(C(N)c2ccncc2)sc1C. The number of hydrogen-bond acceptors (Lipinski definition) is 4. The topological polar surface area (TPSA) is 51.8 Å². The maximum atomic E-state index is 6.12. The van der Waals surface area contributed by atoms with Crippen LogP contribution in [0, 0.1) is 13.8 Å². The molecule has 78 valence electrons. The Morgan fingerprint density at radius 3 is 2.47 bits per heavy atom. The summed E-state index contributed by atoms with van der Waals surface area (Å²) < 4.78 is 0. The van der Waals surface area contributed by atoms with E-state index in [9.17, 15) is 0 Å². The van der Waals surface area contributed by atoms with Crippen LogP contribution in [0.25, 0.3) is 0 Å². The number of rotatable bonds is 2. The fraction of sp³-hybridized carbons (Fsp3) is 0.273. The summed E-state index contributed by atoms with van der Waals surface area (Å²) in [5.41, 5.74) is 8.24. The van der Waals surface area contributed by atoms with Gasteiger partial charge in [0.05, 0.1) is 11.7 Å². The molecule has 15 heavy (non-hydrogen) atoms. The molecule has 0 amide bonds. The van der Waals surface area contributed by atoms with Gasteiger partial charge in [0.2, 0.25) is 0 Å². The van der Waals surface area contributed by atoms with Crippen LogP contribution in [0.15, 0.2) is 24.5 Å². The third-order valence-corrected chi connectivity index (χ3v) is 3.53. The van der Waals surface area contributed by atoms with Crippen LogP contribution in [0.5, 0.6) is 0 Å². The second-order valence-corrected chi connectivity index (χ2v) is 4.69. The first kappa shape index (κ1) is 10.3. The normalized spacial score (nSPS) is 12.7. The molecule has 1 unspecified atom stereocenters. The van der Waals surface area contributed by atoms with Gasteiger partial charge in [-0.3, -0.25) is 4.98 Å². The van der Waals surface area contributed by atoms with Gasteiger partial charge in [0.25, 0.3) is 0 Å². The van der Waals surface area contributed by atoms with Gasteiger partial charge >= 0.3 is 0 Å². The van der Waals surface area contributed by atoms with Crippen LogP contribution >= 0.6 is 11.3 Å². The van der Waals surface area contributed by atoms with Crippen LogP contribution in [0.2, 0.25) is 0 Å². The fourth-order valence-corrected chi connectivity index (χ4v) is 2.30. The van der Waals surface area contributed by atoms with Crippen LogP contribution in [0.4, 0.5) is 0 Å². The number of pyridine rings is 1. The van der Waals surface area contributed by atoms with Crippen molar-refractivity contribution in [2.45, 2.75) is 19.9 Å². The van der Waals surface area contributed by atoms with E-state index in [4.69, 9.17) is 5.73 Å². The van der Waals surface area contributed by atoms with Crippen molar-refractivity contribution in [3.63, 3.8) is 0 Å². The van der Waals surface area contributed by atoms with E-state index in [1.807, 2.05) is 19.1 Å². The predicted octanol–water partition coefficient (Wildman–Crippen LogP) is 2.20. The molecule has 0 fully saturated rings. The highest BCUT2D eigenvalue weighted by molar-refractivity contribution is 7.11. The molecule has 2 aromatic rings. The molecule has 0 radical (unpaired) electrons. The average Bonchev–Trinajstić information content (AvgIpc) is 2.59. The maximum absolute atomic E-state index is 6.12. The summed E-state index contributed by atoms with van der Waals surface area (Å²) in [6, 6.07) is 3.72. The summed E-state index contributed by atoms with van der Waals surface area (Å²) in [5.74, 6) is 0. The minimum Gasteiger partial charge on any atom is -0.318 e. The molecule has 0 aliphatic rings. The first-order chi connectivity index (χ1) is 7.18. The highest BCUT2D eigenvalue weighted by atomic mass is 32.1. The molecule has 2 aromatic heterocycles. The molecule has 0 spiro atoms. The Bertz CT molecular complexity index is 431. The molecule has 4 heteroatoms. The van der Waals surface area contributed by atoms with E-state index < -0.39 is 0 Å². The second kappa shape index (κ2) is 4.08. The predicted molar refractivity (Wildman–Crippen MR) is 61.9 cm³/mol. The number of thiazole rings is 1. The maximum Gasteiger partial charge on any atom is 0.114 e. The van der Waals surface area contributed by atoms with Crippen LogP contribution in [-0.4, -0.2) is 9.97 Å². The third-order valence-electron chi connectivity index (χ3n) is 2.38. The van der Waals surface area contributed by atoms with E-state index >= 15 is 0 Å². The summed E-state index contributed by atoms with van der Waals surface area (Å²) >= 11 is 1.66. The Morgan fingerprint density at radius 1 is 1.27 bits per heavy atom. The summed E-state index contributed by atoms with van der Waals surface area (Å²) in [5, 5.41) is 0.969.